The molecule has 0 heterocycles. The molecule has 0 fully saturated rings. The summed E-state index contributed by atoms with van der Waals surface area (Å²) in [6.07, 6.45) is -0.693. The highest BCUT2D eigenvalue weighted by molar-refractivity contribution is 6.68. The molecule has 110 valence electrons. The maximum atomic E-state index is 11.9. The lowest BCUT2D eigenvalue weighted by molar-refractivity contribution is 0.196. The number of carbonyl (C=O) groups excluding carboxylic acids is 1. The molecule has 0 bridgehead atoms. The Morgan fingerprint density at radius 3 is 2.00 bits per heavy atom. The van der Waals surface area contributed by atoms with E-state index in [9.17, 15) is 4.79 Å². The molecular formula is C15H12Cl3NO2. The van der Waals surface area contributed by atoms with Gasteiger partial charge in [0, 0.05) is 0 Å². The fraction of sp³-hybridized carbons (Fsp3) is 0.133. The van der Waals surface area contributed by atoms with Gasteiger partial charge in [-0.05, 0) is 17.7 Å². The van der Waals surface area contributed by atoms with Crippen LogP contribution in [0.5, 0.6) is 5.75 Å². The number of amides is 1. The van der Waals surface area contributed by atoms with Crippen LogP contribution in [0.15, 0.2) is 60.7 Å². The molecule has 1 N–H and O–H groups in total. The highest BCUT2D eigenvalue weighted by Gasteiger charge is 2.35. The molecule has 0 aliphatic heterocycles. The van der Waals surface area contributed by atoms with E-state index in [1.807, 2.05) is 12.1 Å². The maximum Gasteiger partial charge on any atom is 0.413 e. The number of carbonyl (C=O) groups is 1. The van der Waals surface area contributed by atoms with Crippen LogP contribution in [0.1, 0.15) is 11.6 Å². The molecule has 1 amide bonds. The van der Waals surface area contributed by atoms with Crippen molar-refractivity contribution in [3.63, 3.8) is 0 Å². The van der Waals surface area contributed by atoms with E-state index in [-0.39, 0.29) is 0 Å². The van der Waals surface area contributed by atoms with Crippen molar-refractivity contribution in [3.8, 4) is 5.75 Å². The van der Waals surface area contributed by atoms with Crippen molar-refractivity contribution in [2.24, 2.45) is 0 Å². The minimum Gasteiger partial charge on any atom is -0.410 e. The van der Waals surface area contributed by atoms with E-state index in [2.05, 4.69) is 5.32 Å². The Morgan fingerprint density at radius 1 is 0.952 bits per heavy atom. The first-order valence-corrected chi connectivity index (χ1v) is 7.25. The zero-order valence-corrected chi connectivity index (χ0v) is 13.1. The average molecular weight is 345 g/mol. The molecule has 0 saturated heterocycles. The molecule has 2 rings (SSSR count). The third-order valence-corrected chi connectivity index (χ3v) is 3.33. The molecule has 21 heavy (non-hydrogen) atoms. The van der Waals surface area contributed by atoms with Gasteiger partial charge in [0.05, 0.1) is 0 Å². The summed E-state index contributed by atoms with van der Waals surface area (Å²) in [5.74, 6) is 0.408. The zero-order chi connectivity index (χ0) is 15.3. The molecule has 6 heteroatoms. The number of ether oxygens (including phenoxy) is 1. The zero-order valence-electron chi connectivity index (χ0n) is 10.8. The van der Waals surface area contributed by atoms with Crippen molar-refractivity contribution in [1.29, 1.82) is 0 Å². The first kappa shape index (κ1) is 16.0. The summed E-state index contributed by atoms with van der Waals surface area (Å²) in [6, 6.07) is 16.8. The Bertz CT molecular complexity index is 585. The van der Waals surface area contributed by atoms with E-state index in [1.165, 1.54) is 0 Å². The molecular weight excluding hydrogens is 333 g/mol. The van der Waals surface area contributed by atoms with Crippen LogP contribution in [0.25, 0.3) is 0 Å². The number of halogens is 3. The third-order valence-electron chi connectivity index (χ3n) is 2.68. The first-order valence-electron chi connectivity index (χ1n) is 6.12. The van der Waals surface area contributed by atoms with E-state index in [1.54, 1.807) is 48.5 Å². The van der Waals surface area contributed by atoms with Crippen LogP contribution >= 0.6 is 34.8 Å². The fourth-order valence-corrected chi connectivity index (χ4v) is 2.28. The molecule has 0 aliphatic rings. The summed E-state index contributed by atoms with van der Waals surface area (Å²) >= 11 is 17.8. The second-order valence-corrected chi connectivity index (χ2v) is 6.60. The second-order valence-electron chi connectivity index (χ2n) is 4.23. The smallest absolute Gasteiger partial charge is 0.410 e. The van der Waals surface area contributed by atoms with E-state index in [0.29, 0.717) is 11.3 Å². The van der Waals surface area contributed by atoms with Crippen LogP contribution in [-0.2, 0) is 0 Å². The van der Waals surface area contributed by atoms with Crippen molar-refractivity contribution in [2.75, 3.05) is 0 Å². The van der Waals surface area contributed by atoms with Crippen LogP contribution < -0.4 is 10.1 Å². The molecule has 1 atom stereocenters. The number of nitrogens with one attached hydrogen (secondary N) is 1. The Balaban J connectivity index is 2.11. The summed E-state index contributed by atoms with van der Waals surface area (Å²) in [5.41, 5.74) is 0.669. The summed E-state index contributed by atoms with van der Waals surface area (Å²) in [4.78, 5) is 11.9. The largest absolute Gasteiger partial charge is 0.413 e. The molecule has 0 unspecified atom stereocenters. The van der Waals surface area contributed by atoms with Gasteiger partial charge in [0.15, 0.2) is 0 Å². The van der Waals surface area contributed by atoms with Crippen molar-refractivity contribution >= 4 is 40.9 Å². The summed E-state index contributed by atoms with van der Waals surface area (Å²) in [6.45, 7) is 0. The molecule has 3 nitrogen and oxygen atoms in total. The Kier molecular flexibility index (Phi) is 5.34. The number of benzene rings is 2. The molecule has 2 aromatic carbocycles. The highest BCUT2D eigenvalue weighted by Crippen LogP contribution is 2.39. The van der Waals surface area contributed by atoms with Gasteiger partial charge < -0.3 is 10.1 Å². The third kappa shape index (κ3) is 4.81. The van der Waals surface area contributed by atoms with Crippen molar-refractivity contribution in [1.82, 2.24) is 5.32 Å². The van der Waals surface area contributed by atoms with Gasteiger partial charge in [-0.25, -0.2) is 4.79 Å². The van der Waals surface area contributed by atoms with E-state index < -0.39 is 15.9 Å². The molecule has 0 radical (unpaired) electrons. The van der Waals surface area contributed by atoms with Crippen LogP contribution in [0.3, 0.4) is 0 Å². The van der Waals surface area contributed by atoms with Crippen LogP contribution in [0.2, 0.25) is 0 Å². The van der Waals surface area contributed by atoms with Gasteiger partial charge in [-0.15, -0.1) is 0 Å². The SMILES string of the molecule is O=C(N[C@@H](c1ccccc1)C(Cl)(Cl)Cl)Oc1ccccc1. The van der Waals surface area contributed by atoms with Crippen molar-refractivity contribution in [2.45, 2.75) is 9.83 Å². The van der Waals surface area contributed by atoms with Gasteiger partial charge in [-0.2, -0.15) is 0 Å². The normalized spacial score (nSPS) is 12.5. The number of hydrogen-bond acceptors (Lipinski definition) is 2. The quantitative estimate of drug-likeness (QED) is 0.805. The molecule has 0 spiro atoms. The number of alkyl halides is 3. The molecule has 0 aromatic heterocycles. The van der Waals surface area contributed by atoms with Gasteiger partial charge in [0.1, 0.15) is 11.8 Å². The van der Waals surface area contributed by atoms with Crippen molar-refractivity contribution in [3.05, 3.63) is 66.2 Å². The Labute approximate surface area is 137 Å². The number of hydrogen-bond donors (Lipinski definition) is 1. The van der Waals surface area contributed by atoms with Crippen LogP contribution in [0.4, 0.5) is 4.79 Å². The van der Waals surface area contributed by atoms with E-state index >= 15 is 0 Å². The lowest BCUT2D eigenvalue weighted by Crippen LogP contribution is -2.38. The predicted molar refractivity (Wildman–Crippen MR) is 85.1 cm³/mol. The standard InChI is InChI=1S/C15H12Cl3NO2/c16-15(17,18)13(11-7-3-1-4-8-11)19-14(20)21-12-9-5-2-6-10-12/h1-10,13H,(H,19,20)/t13-/m0/s1. The van der Waals surface area contributed by atoms with Crippen LogP contribution in [-0.4, -0.2) is 9.89 Å². The van der Waals surface area contributed by atoms with Crippen molar-refractivity contribution < 1.29 is 9.53 Å². The fourth-order valence-electron chi connectivity index (χ4n) is 1.74. The first-order chi connectivity index (χ1) is 9.97. The number of para-hydroxylation sites is 1. The summed E-state index contributed by atoms with van der Waals surface area (Å²) in [5, 5.41) is 2.56. The molecule has 2 aromatic rings. The lowest BCUT2D eigenvalue weighted by Gasteiger charge is -2.25. The van der Waals surface area contributed by atoms with E-state index in [0.717, 1.165) is 0 Å². The van der Waals surface area contributed by atoms with Gasteiger partial charge in [0.2, 0.25) is 3.79 Å². The lowest BCUT2D eigenvalue weighted by atomic mass is 10.1. The Morgan fingerprint density at radius 2 is 1.48 bits per heavy atom. The minimum atomic E-state index is -1.70. The highest BCUT2D eigenvalue weighted by atomic mass is 35.6. The minimum absolute atomic E-state index is 0.408. The summed E-state index contributed by atoms with van der Waals surface area (Å²) < 4.78 is 3.44. The van der Waals surface area contributed by atoms with Gasteiger partial charge >= 0.3 is 6.09 Å². The predicted octanol–water partition coefficient (Wildman–Crippen LogP) is 4.89. The second kappa shape index (κ2) is 7.03. The summed E-state index contributed by atoms with van der Waals surface area (Å²) in [7, 11) is 0. The topological polar surface area (TPSA) is 38.3 Å². The van der Waals surface area contributed by atoms with Gasteiger partial charge in [-0.1, -0.05) is 83.3 Å². The van der Waals surface area contributed by atoms with Gasteiger partial charge in [-0.3, -0.25) is 0 Å². The molecule has 0 saturated carbocycles. The maximum absolute atomic E-state index is 11.9. The number of rotatable bonds is 3. The Hall–Kier alpha value is -1.42. The van der Waals surface area contributed by atoms with E-state index in [4.69, 9.17) is 39.5 Å². The van der Waals surface area contributed by atoms with Crippen LogP contribution in [0, 0.1) is 0 Å². The molecule has 0 aliphatic carbocycles. The average Bonchev–Trinajstić information content (AvgIpc) is 2.45. The monoisotopic (exact) mass is 343 g/mol. The van der Waals surface area contributed by atoms with Gasteiger partial charge in [0.25, 0.3) is 0 Å².